The zero-order chi connectivity index (χ0) is 20.0. The summed E-state index contributed by atoms with van der Waals surface area (Å²) in [5.74, 6) is 0. The van der Waals surface area contributed by atoms with Crippen molar-refractivity contribution in [3.63, 3.8) is 0 Å². The Bertz CT molecular complexity index is 890. The monoisotopic (exact) mass is 420 g/mol. The fourth-order valence-corrected chi connectivity index (χ4v) is 4.18. The van der Waals surface area contributed by atoms with Gasteiger partial charge in [0, 0.05) is 30.1 Å². The molecule has 1 fully saturated rings. The highest BCUT2D eigenvalue weighted by molar-refractivity contribution is 7.92. The number of halogens is 1. The molecular formula is C21H25ClN2O3S. The third-order valence-electron chi connectivity index (χ3n) is 4.64. The van der Waals surface area contributed by atoms with Gasteiger partial charge < -0.3 is 4.74 Å². The Hall–Kier alpha value is -1.70. The van der Waals surface area contributed by atoms with Crippen molar-refractivity contribution in [1.29, 1.82) is 0 Å². The van der Waals surface area contributed by atoms with Crippen LogP contribution in [0.1, 0.15) is 22.7 Å². The van der Waals surface area contributed by atoms with Crippen LogP contribution in [0.5, 0.6) is 0 Å². The lowest BCUT2D eigenvalue weighted by atomic mass is 10.1. The van der Waals surface area contributed by atoms with Crippen LogP contribution in [0.3, 0.4) is 0 Å². The van der Waals surface area contributed by atoms with Crippen LogP contribution in [0.15, 0.2) is 53.9 Å². The number of hydrogen-bond acceptors (Lipinski definition) is 4. The largest absolute Gasteiger partial charge is 0.379 e. The van der Waals surface area contributed by atoms with Gasteiger partial charge in [0.25, 0.3) is 0 Å². The molecule has 28 heavy (non-hydrogen) atoms. The topological polar surface area (TPSA) is 58.6 Å². The molecule has 1 heterocycles. The molecule has 0 saturated carbocycles. The molecule has 0 amide bonds. The van der Waals surface area contributed by atoms with Gasteiger partial charge in [-0.05, 0) is 36.3 Å². The lowest BCUT2D eigenvalue weighted by Gasteiger charge is -2.30. The first-order chi connectivity index (χ1) is 13.4. The van der Waals surface area contributed by atoms with E-state index in [0.29, 0.717) is 24.8 Å². The van der Waals surface area contributed by atoms with E-state index >= 15 is 0 Å². The number of morpholine rings is 1. The predicted octanol–water partition coefficient (Wildman–Crippen LogP) is 3.61. The number of ether oxygens (including phenoxy) is 1. The molecule has 1 atom stereocenters. The van der Waals surface area contributed by atoms with Crippen LogP contribution < -0.4 is 4.72 Å². The number of aryl methyl sites for hydroxylation is 1. The summed E-state index contributed by atoms with van der Waals surface area (Å²) in [4.78, 5) is 2.22. The Morgan fingerprint density at radius 3 is 2.39 bits per heavy atom. The van der Waals surface area contributed by atoms with Gasteiger partial charge in [-0.3, -0.25) is 4.90 Å². The van der Waals surface area contributed by atoms with E-state index < -0.39 is 10.0 Å². The molecule has 1 aliphatic rings. The highest BCUT2D eigenvalue weighted by Crippen LogP contribution is 2.18. The maximum Gasteiger partial charge on any atom is 0.234 e. The Balaban J connectivity index is 1.76. The minimum absolute atomic E-state index is 0.335. The van der Waals surface area contributed by atoms with Crippen molar-refractivity contribution in [3.8, 4) is 0 Å². The lowest BCUT2D eigenvalue weighted by Crippen LogP contribution is -2.42. The highest BCUT2D eigenvalue weighted by Gasteiger charge is 2.22. The predicted molar refractivity (Wildman–Crippen MR) is 114 cm³/mol. The van der Waals surface area contributed by atoms with Crippen molar-refractivity contribution in [2.24, 2.45) is 0 Å². The van der Waals surface area contributed by atoms with E-state index in [9.17, 15) is 8.42 Å². The normalized spacial score (nSPS) is 17.1. The Morgan fingerprint density at radius 1 is 1.11 bits per heavy atom. The first-order valence-corrected chi connectivity index (χ1v) is 11.2. The summed E-state index contributed by atoms with van der Waals surface area (Å²) >= 11 is 5.87. The first-order valence-electron chi connectivity index (χ1n) is 9.24. The number of sulfonamides is 1. The molecule has 0 spiro atoms. The summed E-state index contributed by atoms with van der Waals surface area (Å²) in [5, 5.41) is 1.82. The van der Waals surface area contributed by atoms with Crippen molar-refractivity contribution in [3.05, 3.63) is 75.7 Å². The summed E-state index contributed by atoms with van der Waals surface area (Å²) in [6.07, 6.45) is 1.57. The van der Waals surface area contributed by atoms with Crippen molar-refractivity contribution in [2.45, 2.75) is 13.0 Å². The lowest BCUT2D eigenvalue weighted by molar-refractivity contribution is 0.0345. The van der Waals surface area contributed by atoms with Crippen LogP contribution in [0.2, 0.25) is 5.02 Å². The minimum Gasteiger partial charge on any atom is -0.379 e. The molecule has 150 valence electrons. The van der Waals surface area contributed by atoms with Crippen LogP contribution in [0.4, 0.5) is 0 Å². The number of hydrogen-bond donors (Lipinski definition) is 1. The van der Waals surface area contributed by atoms with Crippen LogP contribution in [0, 0.1) is 6.92 Å². The molecule has 0 aliphatic carbocycles. The quantitative estimate of drug-likeness (QED) is 0.743. The fourth-order valence-electron chi connectivity index (χ4n) is 3.03. The van der Waals surface area contributed by atoms with Gasteiger partial charge in [0.1, 0.15) is 0 Å². The average Bonchev–Trinajstić information content (AvgIpc) is 2.68. The van der Waals surface area contributed by atoms with E-state index in [4.69, 9.17) is 16.3 Å². The van der Waals surface area contributed by atoms with E-state index in [0.717, 1.165) is 29.8 Å². The molecule has 2 aromatic rings. The van der Waals surface area contributed by atoms with E-state index in [1.807, 2.05) is 31.2 Å². The third kappa shape index (κ3) is 6.43. The minimum atomic E-state index is -3.62. The molecule has 1 saturated heterocycles. The standard InChI is InChI=1S/C21H25ClN2O3S/c1-17-2-6-19(7-3-17)21(16-24-11-13-27-14-12-24)23-28(25,26)15-10-18-4-8-20(22)9-5-18/h2-10,15,21,23H,11-14,16H2,1H3/b15-10+/t21-/m1/s1. The number of benzene rings is 2. The van der Waals surface area contributed by atoms with Crippen molar-refractivity contribution in [2.75, 3.05) is 32.8 Å². The van der Waals surface area contributed by atoms with Crippen LogP contribution in [0.25, 0.3) is 6.08 Å². The van der Waals surface area contributed by atoms with Gasteiger partial charge in [0.2, 0.25) is 10.0 Å². The highest BCUT2D eigenvalue weighted by atomic mass is 35.5. The molecule has 0 unspecified atom stereocenters. The van der Waals surface area contributed by atoms with Gasteiger partial charge >= 0.3 is 0 Å². The average molecular weight is 421 g/mol. The Morgan fingerprint density at radius 2 is 1.75 bits per heavy atom. The smallest absolute Gasteiger partial charge is 0.234 e. The number of nitrogens with zero attached hydrogens (tertiary/aromatic N) is 1. The fraction of sp³-hybridized carbons (Fsp3) is 0.333. The number of rotatable bonds is 7. The summed E-state index contributed by atoms with van der Waals surface area (Å²) in [7, 11) is -3.62. The van der Waals surface area contributed by atoms with Crippen molar-refractivity contribution < 1.29 is 13.2 Å². The molecule has 0 aromatic heterocycles. The zero-order valence-electron chi connectivity index (χ0n) is 15.8. The molecular weight excluding hydrogens is 396 g/mol. The first kappa shape index (κ1) is 21.0. The summed E-state index contributed by atoms with van der Waals surface area (Å²) in [6, 6.07) is 14.6. The van der Waals surface area contributed by atoms with Gasteiger partial charge in [-0.25, -0.2) is 13.1 Å². The van der Waals surface area contributed by atoms with Gasteiger partial charge in [-0.1, -0.05) is 53.6 Å². The van der Waals surface area contributed by atoms with E-state index in [1.165, 1.54) is 5.41 Å². The Labute approximate surface area is 172 Å². The zero-order valence-corrected chi connectivity index (χ0v) is 17.4. The van der Waals surface area contributed by atoms with E-state index in [2.05, 4.69) is 9.62 Å². The Kier molecular flexibility index (Phi) is 7.26. The van der Waals surface area contributed by atoms with Crippen LogP contribution in [-0.4, -0.2) is 46.2 Å². The van der Waals surface area contributed by atoms with E-state index in [-0.39, 0.29) is 6.04 Å². The van der Waals surface area contributed by atoms with Crippen LogP contribution in [-0.2, 0) is 14.8 Å². The van der Waals surface area contributed by atoms with Crippen LogP contribution >= 0.6 is 11.6 Å². The second-order valence-electron chi connectivity index (χ2n) is 6.89. The van der Waals surface area contributed by atoms with E-state index in [1.54, 1.807) is 30.3 Å². The van der Waals surface area contributed by atoms with Gasteiger partial charge in [-0.15, -0.1) is 0 Å². The molecule has 1 aliphatic heterocycles. The van der Waals surface area contributed by atoms with Gasteiger partial charge in [-0.2, -0.15) is 0 Å². The summed E-state index contributed by atoms with van der Waals surface area (Å²) in [5.41, 5.74) is 2.86. The molecule has 7 heteroatoms. The maximum absolute atomic E-state index is 12.7. The van der Waals surface area contributed by atoms with Crippen molar-refractivity contribution in [1.82, 2.24) is 9.62 Å². The molecule has 1 N–H and O–H groups in total. The second kappa shape index (κ2) is 9.67. The molecule has 0 bridgehead atoms. The SMILES string of the molecule is Cc1ccc([C@@H](CN2CCOCC2)NS(=O)(=O)/C=C/c2ccc(Cl)cc2)cc1. The molecule has 5 nitrogen and oxygen atoms in total. The molecule has 2 aromatic carbocycles. The molecule has 3 rings (SSSR count). The van der Waals surface area contributed by atoms with Gasteiger partial charge in [0.15, 0.2) is 0 Å². The maximum atomic E-state index is 12.7. The summed E-state index contributed by atoms with van der Waals surface area (Å²) < 4.78 is 33.6. The van der Waals surface area contributed by atoms with Crippen molar-refractivity contribution >= 4 is 27.7 Å². The molecule has 0 radical (unpaired) electrons. The third-order valence-corrected chi connectivity index (χ3v) is 6.00. The van der Waals surface area contributed by atoms with Gasteiger partial charge in [0.05, 0.1) is 19.3 Å². The number of nitrogens with one attached hydrogen (secondary N) is 1. The second-order valence-corrected chi connectivity index (χ2v) is 8.93. The summed E-state index contributed by atoms with van der Waals surface area (Å²) in [6.45, 7) is 5.54.